The zero-order valence-electron chi connectivity index (χ0n) is 16.9. The Hall–Kier alpha value is -3.19. The minimum Gasteiger partial charge on any atom is -0.497 e. The van der Waals surface area contributed by atoms with E-state index in [1.54, 1.807) is 26.2 Å². The fourth-order valence-corrected chi connectivity index (χ4v) is 3.15. The van der Waals surface area contributed by atoms with Gasteiger partial charge in [-0.1, -0.05) is 17.3 Å². The van der Waals surface area contributed by atoms with Crippen LogP contribution in [0.5, 0.6) is 5.75 Å². The first-order valence-corrected chi connectivity index (χ1v) is 9.21. The highest BCUT2D eigenvalue weighted by atomic mass is 19.1. The minimum absolute atomic E-state index is 0.0284. The van der Waals surface area contributed by atoms with E-state index in [1.807, 2.05) is 43.3 Å². The number of carbonyl (C=O) groups is 1. The molecule has 1 atom stereocenters. The molecular formula is C22H24FN3O3. The van der Waals surface area contributed by atoms with Crippen LogP contribution in [-0.2, 0) is 0 Å². The molecule has 1 heterocycles. The van der Waals surface area contributed by atoms with Gasteiger partial charge in [0.2, 0.25) is 0 Å². The van der Waals surface area contributed by atoms with Gasteiger partial charge in [-0.15, -0.1) is 0 Å². The van der Waals surface area contributed by atoms with Gasteiger partial charge in [0.15, 0.2) is 0 Å². The van der Waals surface area contributed by atoms with Gasteiger partial charge in [0.25, 0.3) is 5.91 Å². The summed E-state index contributed by atoms with van der Waals surface area (Å²) in [6, 6.07) is 13.5. The molecule has 6 nitrogen and oxygen atoms in total. The van der Waals surface area contributed by atoms with Gasteiger partial charge in [-0.05, 0) is 63.0 Å². The van der Waals surface area contributed by atoms with Crippen LogP contribution in [0.15, 0.2) is 53.1 Å². The predicted molar refractivity (Wildman–Crippen MR) is 108 cm³/mol. The number of amides is 1. The molecule has 0 saturated heterocycles. The molecule has 1 aromatic heterocycles. The molecule has 0 radical (unpaired) electrons. The Balaban J connectivity index is 1.78. The lowest BCUT2D eigenvalue weighted by Gasteiger charge is -2.25. The smallest absolute Gasteiger partial charge is 0.257 e. The quantitative estimate of drug-likeness (QED) is 0.656. The molecule has 29 heavy (non-hydrogen) atoms. The predicted octanol–water partition coefficient (Wildman–Crippen LogP) is 3.83. The Morgan fingerprint density at radius 2 is 1.83 bits per heavy atom. The highest BCUT2D eigenvalue weighted by molar-refractivity contribution is 6.00. The zero-order valence-corrected chi connectivity index (χ0v) is 16.9. The van der Waals surface area contributed by atoms with Crippen LogP contribution in [0.2, 0.25) is 0 Å². The number of ether oxygens (including phenoxy) is 1. The third-order valence-electron chi connectivity index (χ3n) is 4.79. The highest BCUT2D eigenvalue weighted by Crippen LogP contribution is 2.26. The van der Waals surface area contributed by atoms with E-state index in [-0.39, 0.29) is 17.8 Å². The number of hydrogen-bond acceptors (Lipinski definition) is 5. The molecule has 0 aliphatic heterocycles. The van der Waals surface area contributed by atoms with Crippen molar-refractivity contribution in [1.82, 2.24) is 15.4 Å². The fourth-order valence-electron chi connectivity index (χ4n) is 3.15. The number of hydrogen-bond donors (Lipinski definition) is 1. The molecule has 152 valence electrons. The van der Waals surface area contributed by atoms with Crippen molar-refractivity contribution in [2.45, 2.75) is 13.0 Å². The molecule has 0 saturated carbocycles. The molecule has 7 heteroatoms. The minimum atomic E-state index is -0.353. The third kappa shape index (κ3) is 4.63. The maximum absolute atomic E-state index is 13.2. The summed E-state index contributed by atoms with van der Waals surface area (Å²) >= 11 is 0. The van der Waals surface area contributed by atoms with Gasteiger partial charge in [0.05, 0.1) is 13.2 Å². The molecule has 1 unspecified atom stereocenters. The van der Waals surface area contributed by atoms with E-state index >= 15 is 0 Å². The van der Waals surface area contributed by atoms with Crippen molar-refractivity contribution in [2.75, 3.05) is 27.7 Å². The fraction of sp³-hybridized carbons (Fsp3) is 0.273. The Morgan fingerprint density at radius 1 is 1.17 bits per heavy atom. The van der Waals surface area contributed by atoms with Crippen LogP contribution in [0.4, 0.5) is 4.39 Å². The topological polar surface area (TPSA) is 67.6 Å². The Morgan fingerprint density at radius 3 is 2.41 bits per heavy atom. The summed E-state index contributed by atoms with van der Waals surface area (Å²) < 4.78 is 23.7. The van der Waals surface area contributed by atoms with Crippen molar-refractivity contribution in [1.29, 1.82) is 0 Å². The van der Waals surface area contributed by atoms with Crippen molar-refractivity contribution in [2.24, 2.45) is 0 Å². The van der Waals surface area contributed by atoms with Crippen molar-refractivity contribution < 1.29 is 18.4 Å². The molecule has 0 spiro atoms. The SMILES string of the molecule is COc1ccc(C(CNC(=O)c2c(-c3ccc(F)cc3)noc2C)N(C)C)cc1. The van der Waals surface area contributed by atoms with Crippen LogP contribution in [-0.4, -0.2) is 43.7 Å². The second kappa shape index (κ2) is 8.87. The lowest BCUT2D eigenvalue weighted by molar-refractivity contribution is 0.0941. The number of halogens is 1. The van der Waals surface area contributed by atoms with Gasteiger partial charge in [0, 0.05) is 12.1 Å². The first-order chi connectivity index (χ1) is 13.9. The zero-order chi connectivity index (χ0) is 21.0. The molecule has 0 bridgehead atoms. The highest BCUT2D eigenvalue weighted by Gasteiger charge is 2.23. The summed E-state index contributed by atoms with van der Waals surface area (Å²) in [7, 11) is 5.53. The number of nitrogens with zero attached hydrogens (tertiary/aromatic N) is 2. The average Bonchev–Trinajstić information content (AvgIpc) is 3.10. The third-order valence-corrected chi connectivity index (χ3v) is 4.79. The summed E-state index contributed by atoms with van der Waals surface area (Å²) in [6.07, 6.45) is 0. The van der Waals surface area contributed by atoms with Gasteiger partial charge < -0.3 is 19.5 Å². The van der Waals surface area contributed by atoms with Crippen LogP contribution in [0.25, 0.3) is 11.3 Å². The lowest BCUT2D eigenvalue weighted by atomic mass is 10.0. The van der Waals surface area contributed by atoms with Gasteiger partial charge in [-0.2, -0.15) is 0 Å². The summed E-state index contributed by atoms with van der Waals surface area (Å²) in [5.74, 6) is 0.545. The molecule has 0 aliphatic carbocycles. The Bertz CT molecular complexity index is 966. The first-order valence-electron chi connectivity index (χ1n) is 9.21. The number of rotatable bonds is 7. The maximum Gasteiger partial charge on any atom is 0.257 e. The number of nitrogens with one attached hydrogen (secondary N) is 1. The monoisotopic (exact) mass is 397 g/mol. The van der Waals surface area contributed by atoms with Crippen LogP contribution in [0, 0.1) is 12.7 Å². The van der Waals surface area contributed by atoms with Crippen LogP contribution in [0.1, 0.15) is 27.7 Å². The van der Waals surface area contributed by atoms with E-state index in [9.17, 15) is 9.18 Å². The van der Waals surface area contributed by atoms with Crippen molar-refractivity contribution >= 4 is 5.91 Å². The van der Waals surface area contributed by atoms with E-state index in [2.05, 4.69) is 10.5 Å². The number of aryl methyl sites for hydroxylation is 1. The molecule has 0 aliphatic rings. The normalized spacial score (nSPS) is 12.1. The summed E-state index contributed by atoms with van der Waals surface area (Å²) in [5, 5.41) is 6.96. The summed E-state index contributed by atoms with van der Waals surface area (Å²) in [5.41, 5.74) is 2.42. The van der Waals surface area contributed by atoms with Crippen molar-refractivity contribution in [3.8, 4) is 17.0 Å². The number of aromatic nitrogens is 1. The lowest BCUT2D eigenvalue weighted by Crippen LogP contribution is -2.34. The van der Waals surface area contributed by atoms with Crippen molar-refractivity contribution in [3.63, 3.8) is 0 Å². The largest absolute Gasteiger partial charge is 0.497 e. The second-order valence-electron chi connectivity index (χ2n) is 6.93. The van der Waals surface area contributed by atoms with E-state index < -0.39 is 0 Å². The Kier molecular flexibility index (Phi) is 6.29. The van der Waals surface area contributed by atoms with E-state index in [0.717, 1.165) is 11.3 Å². The van der Waals surface area contributed by atoms with Gasteiger partial charge in [0.1, 0.15) is 28.6 Å². The number of benzene rings is 2. The number of likely N-dealkylation sites (N-methyl/N-ethyl adjacent to an activating group) is 1. The van der Waals surface area contributed by atoms with E-state index in [1.165, 1.54) is 12.1 Å². The van der Waals surface area contributed by atoms with Crippen molar-refractivity contribution in [3.05, 3.63) is 71.2 Å². The van der Waals surface area contributed by atoms with Gasteiger partial charge in [-0.25, -0.2) is 4.39 Å². The summed E-state index contributed by atoms with van der Waals surface area (Å²) in [4.78, 5) is 15.0. The molecule has 3 rings (SSSR count). The van der Waals surface area contributed by atoms with Crippen LogP contribution in [0.3, 0.4) is 0 Å². The molecule has 1 amide bonds. The van der Waals surface area contributed by atoms with Crippen LogP contribution >= 0.6 is 0 Å². The number of carbonyl (C=O) groups excluding carboxylic acids is 1. The molecule has 0 fully saturated rings. The summed E-state index contributed by atoms with van der Waals surface area (Å²) in [6.45, 7) is 2.08. The molecule has 1 N–H and O–H groups in total. The second-order valence-corrected chi connectivity index (χ2v) is 6.93. The number of methoxy groups -OCH3 is 1. The van der Waals surface area contributed by atoms with Gasteiger partial charge in [-0.3, -0.25) is 4.79 Å². The first kappa shape index (κ1) is 20.5. The van der Waals surface area contributed by atoms with E-state index in [4.69, 9.17) is 9.26 Å². The van der Waals surface area contributed by atoms with Crippen LogP contribution < -0.4 is 10.1 Å². The molecule has 3 aromatic rings. The van der Waals surface area contributed by atoms with Gasteiger partial charge >= 0.3 is 0 Å². The van der Waals surface area contributed by atoms with E-state index in [0.29, 0.717) is 29.1 Å². The average molecular weight is 397 g/mol. The Labute approximate surface area is 169 Å². The standard InChI is InChI=1S/C22H24FN3O3/c1-14-20(21(25-29-14)16-5-9-17(23)10-6-16)22(27)24-13-19(26(2)3)15-7-11-18(28-4)12-8-15/h5-12,19H,13H2,1-4H3,(H,24,27). The maximum atomic E-state index is 13.2. The molecule has 2 aromatic carbocycles. The molecular weight excluding hydrogens is 373 g/mol.